The molecule has 0 aromatic heterocycles. The van der Waals surface area contributed by atoms with Gasteiger partial charge in [-0.3, -0.25) is 9.59 Å². The van der Waals surface area contributed by atoms with E-state index in [2.05, 4.69) is 26.1 Å². The lowest BCUT2D eigenvalue weighted by Crippen LogP contribution is -2.45. The van der Waals surface area contributed by atoms with Gasteiger partial charge in [0.15, 0.2) is 0 Å². The Morgan fingerprint density at radius 1 is 1.19 bits per heavy atom. The van der Waals surface area contributed by atoms with Crippen LogP contribution in [0.15, 0.2) is 47.6 Å². The number of rotatable bonds is 7. The van der Waals surface area contributed by atoms with Gasteiger partial charge in [0.1, 0.15) is 12.4 Å². The number of benzene rings is 2. The SMILES string of the molecule is CC(=O)Nc1c(Cl)cc(CN/N=C/NC(=O)C2C3CC3CN2c2ccccc2)cc1Cl. The second-order valence-electron chi connectivity index (χ2n) is 7.81. The van der Waals surface area contributed by atoms with Crippen molar-refractivity contribution in [3.8, 4) is 0 Å². The zero-order valence-corrected chi connectivity index (χ0v) is 18.5. The molecule has 3 atom stereocenters. The predicted octanol–water partition coefficient (Wildman–Crippen LogP) is 3.63. The zero-order chi connectivity index (χ0) is 22.0. The fourth-order valence-electron chi connectivity index (χ4n) is 4.07. The van der Waals surface area contributed by atoms with Crippen LogP contribution < -0.4 is 21.0 Å². The molecule has 3 unspecified atom stereocenters. The highest BCUT2D eigenvalue weighted by Crippen LogP contribution is 2.50. The number of hydrogen-bond donors (Lipinski definition) is 3. The van der Waals surface area contributed by atoms with E-state index in [1.54, 1.807) is 12.1 Å². The van der Waals surface area contributed by atoms with Crippen LogP contribution in [0, 0.1) is 11.8 Å². The summed E-state index contributed by atoms with van der Waals surface area (Å²) in [5.74, 6) is 0.708. The molecule has 2 amide bonds. The molecule has 1 saturated carbocycles. The number of piperidine rings is 1. The quantitative estimate of drug-likeness (QED) is 0.335. The van der Waals surface area contributed by atoms with Crippen LogP contribution >= 0.6 is 23.2 Å². The third-order valence-electron chi connectivity index (χ3n) is 5.56. The van der Waals surface area contributed by atoms with Crippen molar-refractivity contribution in [2.75, 3.05) is 16.8 Å². The van der Waals surface area contributed by atoms with Crippen molar-refractivity contribution < 1.29 is 9.59 Å². The van der Waals surface area contributed by atoms with E-state index in [1.807, 2.05) is 30.3 Å². The average Bonchev–Trinajstić information content (AvgIpc) is 3.40. The van der Waals surface area contributed by atoms with E-state index in [0.29, 0.717) is 34.1 Å². The minimum absolute atomic E-state index is 0.0508. The first-order chi connectivity index (χ1) is 14.9. The van der Waals surface area contributed by atoms with Crippen LogP contribution in [0.1, 0.15) is 18.9 Å². The molecule has 0 radical (unpaired) electrons. The maximum Gasteiger partial charge on any atom is 0.248 e. The number of amides is 2. The minimum atomic E-state index is -0.249. The highest BCUT2D eigenvalue weighted by molar-refractivity contribution is 6.39. The van der Waals surface area contributed by atoms with Crippen LogP contribution in [0.5, 0.6) is 0 Å². The van der Waals surface area contributed by atoms with Gasteiger partial charge in [-0.2, -0.15) is 5.10 Å². The van der Waals surface area contributed by atoms with Crippen molar-refractivity contribution in [1.29, 1.82) is 0 Å². The van der Waals surface area contributed by atoms with E-state index >= 15 is 0 Å². The first kappa shape index (κ1) is 21.5. The first-order valence-corrected chi connectivity index (χ1v) is 10.8. The van der Waals surface area contributed by atoms with Crippen molar-refractivity contribution in [2.45, 2.75) is 25.9 Å². The molecule has 1 aliphatic carbocycles. The lowest BCUT2D eigenvalue weighted by molar-refractivity contribution is -0.121. The number of hydrogen-bond acceptors (Lipinski definition) is 5. The van der Waals surface area contributed by atoms with E-state index in [4.69, 9.17) is 23.2 Å². The summed E-state index contributed by atoms with van der Waals surface area (Å²) in [6, 6.07) is 13.2. The summed E-state index contributed by atoms with van der Waals surface area (Å²) in [5, 5.41) is 10.1. The molecule has 31 heavy (non-hydrogen) atoms. The molecule has 2 aromatic rings. The molecule has 0 spiro atoms. The Balaban J connectivity index is 1.30. The molecule has 1 saturated heterocycles. The first-order valence-electron chi connectivity index (χ1n) is 10.1. The van der Waals surface area contributed by atoms with Gasteiger partial charge in [0, 0.05) is 19.2 Å². The summed E-state index contributed by atoms with van der Waals surface area (Å²) in [4.78, 5) is 26.2. The Morgan fingerprint density at radius 2 is 1.90 bits per heavy atom. The van der Waals surface area contributed by atoms with E-state index in [9.17, 15) is 9.59 Å². The fraction of sp³-hybridized carbons (Fsp3) is 0.318. The van der Waals surface area contributed by atoms with Gasteiger partial charge in [-0.05, 0) is 48.1 Å². The maximum absolute atomic E-state index is 12.8. The van der Waals surface area contributed by atoms with Crippen LogP contribution in [0.4, 0.5) is 11.4 Å². The number of nitrogens with one attached hydrogen (secondary N) is 3. The summed E-state index contributed by atoms with van der Waals surface area (Å²) in [5.41, 5.74) is 5.11. The van der Waals surface area contributed by atoms with Gasteiger partial charge >= 0.3 is 0 Å². The number of nitrogens with zero attached hydrogens (tertiary/aromatic N) is 2. The van der Waals surface area contributed by atoms with Gasteiger partial charge in [0.2, 0.25) is 11.8 Å². The van der Waals surface area contributed by atoms with Crippen molar-refractivity contribution in [3.63, 3.8) is 0 Å². The molecule has 0 bridgehead atoms. The van der Waals surface area contributed by atoms with E-state index in [0.717, 1.165) is 24.2 Å². The monoisotopic (exact) mass is 459 g/mol. The molecule has 2 fully saturated rings. The van der Waals surface area contributed by atoms with Crippen molar-refractivity contribution >= 4 is 52.7 Å². The second kappa shape index (κ2) is 9.16. The molecule has 1 aliphatic heterocycles. The molecule has 1 heterocycles. The zero-order valence-electron chi connectivity index (χ0n) is 16.9. The standard InChI is InChI=1S/C22H23Cl2N5O2/c1-13(30)28-20-18(23)7-14(8-19(20)24)10-26-27-12-25-22(31)21-17-9-15(17)11-29(21)16-5-3-2-4-6-16/h2-8,12,15,17,21,26H,9-11H2,1H3,(H,28,30)(H,25,27,31). The minimum Gasteiger partial charge on any atom is -0.359 e. The van der Waals surface area contributed by atoms with Gasteiger partial charge in [-0.15, -0.1) is 0 Å². The van der Waals surface area contributed by atoms with Gasteiger partial charge in [0.25, 0.3) is 0 Å². The number of anilines is 2. The smallest absolute Gasteiger partial charge is 0.248 e. The van der Waals surface area contributed by atoms with Crippen molar-refractivity contribution in [2.24, 2.45) is 16.9 Å². The second-order valence-corrected chi connectivity index (χ2v) is 8.62. The summed E-state index contributed by atoms with van der Waals surface area (Å²) >= 11 is 12.4. The van der Waals surface area contributed by atoms with Gasteiger partial charge < -0.3 is 21.0 Å². The Bertz CT molecular complexity index is 991. The fourth-order valence-corrected chi connectivity index (χ4v) is 4.70. The number of fused-ring (bicyclic) bond motifs is 1. The van der Waals surface area contributed by atoms with Crippen LogP contribution in [0.3, 0.4) is 0 Å². The van der Waals surface area contributed by atoms with Crippen molar-refractivity contribution in [3.05, 3.63) is 58.1 Å². The summed E-state index contributed by atoms with van der Waals surface area (Å²) in [6.07, 6.45) is 2.48. The molecule has 7 nitrogen and oxygen atoms in total. The average molecular weight is 460 g/mol. The highest BCUT2D eigenvalue weighted by atomic mass is 35.5. The molecular weight excluding hydrogens is 437 g/mol. The number of hydrazone groups is 1. The highest BCUT2D eigenvalue weighted by Gasteiger charge is 2.55. The molecule has 2 aliphatic rings. The summed E-state index contributed by atoms with van der Waals surface area (Å²) in [7, 11) is 0. The Morgan fingerprint density at radius 3 is 2.58 bits per heavy atom. The normalized spacial score (nSPS) is 21.6. The maximum atomic E-state index is 12.8. The third kappa shape index (κ3) is 4.94. The van der Waals surface area contributed by atoms with Crippen LogP contribution in [-0.2, 0) is 16.1 Å². The molecule has 4 rings (SSSR count). The number of halogens is 2. The molecular formula is C22H23Cl2N5O2. The lowest BCUT2D eigenvalue weighted by Gasteiger charge is -2.28. The van der Waals surface area contributed by atoms with Gasteiger partial charge in [-0.25, -0.2) is 0 Å². The van der Waals surface area contributed by atoms with E-state index in [1.165, 1.54) is 13.3 Å². The molecule has 2 aromatic carbocycles. The summed E-state index contributed by atoms with van der Waals surface area (Å²) < 4.78 is 0. The van der Waals surface area contributed by atoms with Crippen molar-refractivity contribution in [1.82, 2.24) is 10.7 Å². The van der Waals surface area contributed by atoms with Gasteiger partial charge in [-0.1, -0.05) is 41.4 Å². The Hall–Kier alpha value is -2.77. The van der Waals surface area contributed by atoms with Crippen LogP contribution in [0.25, 0.3) is 0 Å². The van der Waals surface area contributed by atoms with E-state index in [-0.39, 0.29) is 17.9 Å². The number of carbonyl (C=O) groups is 2. The summed E-state index contributed by atoms with van der Waals surface area (Å²) in [6.45, 7) is 2.66. The number of carbonyl (C=O) groups excluding carboxylic acids is 2. The number of para-hydroxylation sites is 1. The Kier molecular flexibility index (Phi) is 6.34. The van der Waals surface area contributed by atoms with Gasteiger partial charge in [0.05, 0.1) is 22.3 Å². The van der Waals surface area contributed by atoms with E-state index < -0.39 is 0 Å². The van der Waals surface area contributed by atoms with Crippen LogP contribution in [-0.4, -0.2) is 30.7 Å². The molecule has 162 valence electrons. The van der Waals surface area contributed by atoms with Crippen LogP contribution in [0.2, 0.25) is 10.0 Å². The topological polar surface area (TPSA) is 85.8 Å². The largest absolute Gasteiger partial charge is 0.359 e. The third-order valence-corrected chi connectivity index (χ3v) is 6.15. The molecule has 3 N–H and O–H groups in total. The predicted molar refractivity (Wildman–Crippen MR) is 123 cm³/mol. The lowest BCUT2D eigenvalue weighted by atomic mass is 10.1. The molecule has 9 heteroatoms. The Labute approximate surface area is 190 Å².